The number of aromatic nitrogens is 4. The van der Waals surface area contributed by atoms with Crippen molar-refractivity contribution >= 4 is 22.9 Å². The molecule has 2 aromatic heterocycles. The zero-order valence-electron chi connectivity index (χ0n) is 11.3. The van der Waals surface area contributed by atoms with Gasteiger partial charge >= 0.3 is 0 Å². The second-order valence-electron chi connectivity index (χ2n) is 4.52. The zero-order valence-corrected chi connectivity index (χ0v) is 12.1. The number of hydrogen-bond donors (Lipinski definition) is 2. The molecule has 0 unspecified atom stereocenters. The fraction of sp³-hybridized carbons (Fsp3) is 0.143. The summed E-state index contributed by atoms with van der Waals surface area (Å²) in [6.07, 6.45) is 2.03. The molecule has 0 saturated carbocycles. The number of aromatic amines is 1. The van der Waals surface area contributed by atoms with E-state index in [0.717, 1.165) is 22.0 Å². The molecule has 1 amide bonds. The predicted molar refractivity (Wildman–Crippen MR) is 81.0 cm³/mol. The lowest BCUT2D eigenvalue weighted by Crippen LogP contribution is -2.13. The number of hydrogen-bond acceptors (Lipinski definition) is 5. The summed E-state index contributed by atoms with van der Waals surface area (Å²) < 4.78 is 0. The number of thiazole rings is 1. The van der Waals surface area contributed by atoms with Crippen LogP contribution in [-0.4, -0.2) is 26.1 Å². The molecule has 0 bridgehead atoms. The number of carbonyl (C=O) groups excluding carboxylic acids is 1. The molecule has 2 heterocycles. The summed E-state index contributed by atoms with van der Waals surface area (Å²) in [6, 6.07) is 7.46. The molecule has 0 saturated heterocycles. The molecule has 106 valence electrons. The van der Waals surface area contributed by atoms with Gasteiger partial charge in [0.05, 0.1) is 11.9 Å². The molecule has 3 rings (SSSR count). The standard InChI is InChI=1S/C14H13N5OS/c1-9-16-14(19-18-9)10-3-2-4-11(5-10)17-13(20)6-12-7-15-8-21-12/h2-5,7-8H,6H2,1H3,(H,17,20)(H,16,18,19). The largest absolute Gasteiger partial charge is 0.326 e. The Morgan fingerprint density at radius 1 is 1.43 bits per heavy atom. The maximum Gasteiger partial charge on any atom is 0.229 e. The molecular formula is C14H13N5OS. The molecule has 2 N–H and O–H groups in total. The lowest BCUT2D eigenvalue weighted by atomic mass is 10.2. The molecule has 0 aliphatic carbocycles. The van der Waals surface area contributed by atoms with Gasteiger partial charge in [0.2, 0.25) is 5.91 Å². The third-order valence-electron chi connectivity index (χ3n) is 2.82. The second-order valence-corrected chi connectivity index (χ2v) is 5.49. The number of benzene rings is 1. The Labute approximate surface area is 125 Å². The highest BCUT2D eigenvalue weighted by Crippen LogP contribution is 2.19. The predicted octanol–water partition coefficient (Wildman–Crippen LogP) is 2.42. The second kappa shape index (κ2) is 5.84. The van der Waals surface area contributed by atoms with Crippen molar-refractivity contribution in [2.75, 3.05) is 5.32 Å². The first-order chi connectivity index (χ1) is 10.2. The summed E-state index contributed by atoms with van der Waals surface area (Å²) in [7, 11) is 0. The molecule has 0 aliphatic rings. The molecule has 21 heavy (non-hydrogen) atoms. The molecule has 6 nitrogen and oxygen atoms in total. The average molecular weight is 299 g/mol. The summed E-state index contributed by atoms with van der Waals surface area (Å²) in [5, 5.41) is 9.79. The average Bonchev–Trinajstić information content (AvgIpc) is 3.10. The quantitative estimate of drug-likeness (QED) is 0.775. The highest BCUT2D eigenvalue weighted by atomic mass is 32.1. The summed E-state index contributed by atoms with van der Waals surface area (Å²) in [5.74, 6) is 1.30. The van der Waals surface area contributed by atoms with E-state index in [1.54, 1.807) is 11.7 Å². The Morgan fingerprint density at radius 3 is 3.05 bits per heavy atom. The van der Waals surface area contributed by atoms with Crippen LogP contribution in [0.4, 0.5) is 5.69 Å². The molecule has 0 spiro atoms. The smallest absolute Gasteiger partial charge is 0.229 e. The van der Waals surface area contributed by atoms with E-state index in [1.807, 2.05) is 31.2 Å². The number of H-pyrrole nitrogens is 1. The Morgan fingerprint density at radius 2 is 2.33 bits per heavy atom. The van der Waals surface area contributed by atoms with Crippen LogP contribution in [0.1, 0.15) is 10.7 Å². The third-order valence-corrected chi connectivity index (χ3v) is 3.60. The van der Waals surface area contributed by atoms with E-state index < -0.39 is 0 Å². The summed E-state index contributed by atoms with van der Waals surface area (Å²) >= 11 is 1.47. The van der Waals surface area contributed by atoms with Crippen molar-refractivity contribution < 1.29 is 4.79 Å². The van der Waals surface area contributed by atoms with Gasteiger partial charge < -0.3 is 5.32 Å². The van der Waals surface area contributed by atoms with Crippen molar-refractivity contribution in [2.45, 2.75) is 13.3 Å². The number of anilines is 1. The van der Waals surface area contributed by atoms with Crippen LogP contribution in [0.25, 0.3) is 11.4 Å². The number of aryl methyl sites for hydroxylation is 1. The molecular weight excluding hydrogens is 286 g/mol. The Bertz CT molecular complexity index is 750. The molecule has 0 atom stereocenters. The van der Waals surface area contributed by atoms with Gasteiger partial charge in [0, 0.05) is 22.3 Å². The van der Waals surface area contributed by atoms with E-state index >= 15 is 0 Å². The van der Waals surface area contributed by atoms with Gasteiger partial charge in [-0.3, -0.25) is 14.9 Å². The van der Waals surface area contributed by atoms with Gasteiger partial charge in [-0.2, -0.15) is 5.10 Å². The van der Waals surface area contributed by atoms with Crippen molar-refractivity contribution in [3.8, 4) is 11.4 Å². The van der Waals surface area contributed by atoms with Gasteiger partial charge in [-0.25, -0.2) is 4.98 Å². The number of rotatable bonds is 4. The summed E-state index contributed by atoms with van der Waals surface area (Å²) in [6.45, 7) is 1.84. The van der Waals surface area contributed by atoms with Gasteiger partial charge in [-0.05, 0) is 19.1 Å². The van der Waals surface area contributed by atoms with Gasteiger partial charge in [-0.1, -0.05) is 12.1 Å². The summed E-state index contributed by atoms with van der Waals surface area (Å²) in [5.41, 5.74) is 3.30. The molecule has 0 aliphatic heterocycles. The topological polar surface area (TPSA) is 83.6 Å². The van der Waals surface area contributed by atoms with Crippen molar-refractivity contribution in [1.29, 1.82) is 0 Å². The fourth-order valence-corrected chi connectivity index (χ4v) is 2.49. The van der Waals surface area contributed by atoms with Crippen LogP contribution in [0.5, 0.6) is 0 Å². The number of carbonyl (C=O) groups is 1. The minimum Gasteiger partial charge on any atom is -0.326 e. The molecule has 0 fully saturated rings. The maximum atomic E-state index is 12.0. The number of nitrogens with one attached hydrogen (secondary N) is 2. The van der Waals surface area contributed by atoms with Crippen LogP contribution in [0.3, 0.4) is 0 Å². The van der Waals surface area contributed by atoms with Crippen LogP contribution < -0.4 is 5.32 Å². The van der Waals surface area contributed by atoms with Gasteiger partial charge in [0.25, 0.3) is 0 Å². The number of amides is 1. The van der Waals surface area contributed by atoms with Crippen molar-refractivity contribution in [2.24, 2.45) is 0 Å². The van der Waals surface area contributed by atoms with Crippen LogP contribution in [0, 0.1) is 6.92 Å². The first-order valence-electron chi connectivity index (χ1n) is 6.37. The third kappa shape index (κ3) is 3.32. The van der Waals surface area contributed by atoms with Crippen molar-refractivity contribution in [3.63, 3.8) is 0 Å². The van der Waals surface area contributed by atoms with Gasteiger partial charge in [-0.15, -0.1) is 11.3 Å². The summed E-state index contributed by atoms with van der Waals surface area (Å²) in [4.78, 5) is 21.1. The van der Waals surface area contributed by atoms with Gasteiger partial charge in [0.15, 0.2) is 5.82 Å². The Kier molecular flexibility index (Phi) is 3.74. The molecule has 1 aromatic carbocycles. The lowest BCUT2D eigenvalue weighted by Gasteiger charge is -2.05. The highest BCUT2D eigenvalue weighted by molar-refractivity contribution is 7.09. The molecule has 0 radical (unpaired) electrons. The first kappa shape index (κ1) is 13.4. The van der Waals surface area contributed by atoms with Crippen molar-refractivity contribution in [1.82, 2.24) is 20.2 Å². The van der Waals surface area contributed by atoms with Crippen LogP contribution in [-0.2, 0) is 11.2 Å². The lowest BCUT2D eigenvalue weighted by molar-refractivity contribution is -0.115. The van der Waals surface area contributed by atoms with E-state index in [-0.39, 0.29) is 5.91 Å². The van der Waals surface area contributed by atoms with E-state index in [4.69, 9.17) is 0 Å². The Hall–Kier alpha value is -2.54. The minimum absolute atomic E-state index is 0.0671. The van der Waals surface area contributed by atoms with Crippen LogP contribution in [0.2, 0.25) is 0 Å². The minimum atomic E-state index is -0.0671. The fourth-order valence-electron chi connectivity index (χ4n) is 1.90. The number of nitrogens with zero attached hydrogens (tertiary/aromatic N) is 3. The SMILES string of the molecule is Cc1nc(-c2cccc(NC(=O)Cc3cncs3)c2)n[nH]1. The van der Waals surface area contributed by atoms with Crippen LogP contribution >= 0.6 is 11.3 Å². The monoisotopic (exact) mass is 299 g/mol. The van der Waals surface area contributed by atoms with Crippen LogP contribution in [0.15, 0.2) is 36.0 Å². The van der Waals surface area contributed by atoms with E-state index in [0.29, 0.717) is 12.2 Å². The molecule has 3 aromatic rings. The van der Waals surface area contributed by atoms with E-state index in [2.05, 4.69) is 25.5 Å². The Balaban J connectivity index is 1.72. The maximum absolute atomic E-state index is 12.0. The highest BCUT2D eigenvalue weighted by Gasteiger charge is 2.08. The van der Waals surface area contributed by atoms with Crippen molar-refractivity contribution in [3.05, 3.63) is 46.7 Å². The zero-order chi connectivity index (χ0) is 14.7. The first-order valence-corrected chi connectivity index (χ1v) is 7.25. The normalized spacial score (nSPS) is 10.5. The van der Waals surface area contributed by atoms with Gasteiger partial charge in [0.1, 0.15) is 5.82 Å². The molecule has 7 heteroatoms. The van der Waals surface area contributed by atoms with E-state index in [1.165, 1.54) is 11.3 Å². The van der Waals surface area contributed by atoms with E-state index in [9.17, 15) is 4.79 Å².